The van der Waals surface area contributed by atoms with Crippen molar-refractivity contribution < 1.29 is 9.63 Å². The molecular formula is C20H20N2O2. The first kappa shape index (κ1) is 16.4. The van der Waals surface area contributed by atoms with E-state index in [9.17, 15) is 4.79 Å². The number of piperidine rings is 1. The number of hydrogen-bond acceptors (Lipinski definition) is 4. The molecule has 0 radical (unpaired) electrons. The zero-order valence-electron chi connectivity index (χ0n) is 13.5. The van der Waals surface area contributed by atoms with Gasteiger partial charge in [-0.05, 0) is 11.1 Å². The molecule has 24 heavy (non-hydrogen) atoms. The van der Waals surface area contributed by atoms with E-state index in [2.05, 4.69) is 6.07 Å². The topological polar surface area (TPSA) is 53.3 Å². The van der Waals surface area contributed by atoms with Crippen molar-refractivity contribution in [2.75, 3.05) is 6.61 Å². The minimum absolute atomic E-state index is 0.128. The number of nitriles is 1. The molecule has 0 aliphatic carbocycles. The van der Waals surface area contributed by atoms with Gasteiger partial charge < -0.3 is 0 Å². The Morgan fingerprint density at radius 1 is 0.958 bits per heavy atom. The summed E-state index contributed by atoms with van der Waals surface area (Å²) in [6, 6.07) is 21.7. The molecule has 1 saturated heterocycles. The summed E-state index contributed by atoms with van der Waals surface area (Å²) in [6.07, 6.45) is 1.19. The summed E-state index contributed by atoms with van der Waals surface area (Å²) in [5.41, 5.74) is 2.12. The summed E-state index contributed by atoms with van der Waals surface area (Å²) in [4.78, 5) is 18.3. The number of benzene rings is 2. The number of rotatable bonds is 5. The third kappa shape index (κ3) is 3.70. The lowest BCUT2D eigenvalue weighted by atomic mass is 9.89. The SMILES string of the molecule is N#CCCON1C(c2ccccc2)CC(=O)CC1c1ccccc1. The van der Waals surface area contributed by atoms with Gasteiger partial charge >= 0.3 is 0 Å². The molecule has 4 nitrogen and oxygen atoms in total. The molecule has 0 N–H and O–H groups in total. The molecule has 4 heteroatoms. The fourth-order valence-electron chi connectivity index (χ4n) is 3.17. The van der Waals surface area contributed by atoms with E-state index in [4.69, 9.17) is 10.1 Å². The van der Waals surface area contributed by atoms with Crippen LogP contribution in [0.2, 0.25) is 0 Å². The van der Waals surface area contributed by atoms with Gasteiger partial charge in [-0.1, -0.05) is 60.7 Å². The summed E-state index contributed by atoms with van der Waals surface area (Å²) in [7, 11) is 0. The number of hydroxylamine groups is 2. The molecule has 0 aromatic heterocycles. The number of ketones is 1. The molecule has 0 amide bonds. The Morgan fingerprint density at radius 2 is 1.46 bits per heavy atom. The molecule has 0 spiro atoms. The van der Waals surface area contributed by atoms with Gasteiger partial charge in [0, 0.05) is 12.8 Å². The predicted molar refractivity (Wildman–Crippen MR) is 90.6 cm³/mol. The lowest BCUT2D eigenvalue weighted by molar-refractivity contribution is -0.227. The van der Waals surface area contributed by atoms with Gasteiger partial charge in [0.05, 0.1) is 31.2 Å². The Morgan fingerprint density at radius 3 is 1.92 bits per heavy atom. The van der Waals surface area contributed by atoms with Gasteiger partial charge in [-0.15, -0.1) is 0 Å². The minimum Gasteiger partial charge on any atom is -0.300 e. The smallest absolute Gasteiger partial charge is 0.136 e. The Labute approximate surface area is 142 Å². The Balaban J connectivity index is 1.93. The maximum atomic E-state index is 12.4. The maximum Gasteiger partial charge on any atom is 0.136 e. The van der Waals surface area contributed by atoms with Crippen LogP contribution >= 0.6 is 0 Å². The van der Waals surface area contributed by atoms with Gasteiger partial charge in [0.15, 0.2) is 0 Å². The van der Waals surface area contributed by atoms with E-state index in [1.807, 2.05) is 65.7 Å². The number of carbonyl (C=O) groups is 1. The minimum atomic E-state index is -0.128. The maximum absolute atomic E-state index is 12.4. The second kappa shape index (κ2) is 7.87. The zero-order valence-corrected chi connectivity index (χ0v) is 13.5. The second-order valence-corrected chi connectivity index (χ2v) is 5.90. The number of Topliss-reactive ketones (excluding diaryl/α,β-unsaturated/α-hetero) is 1. The standard InChI is InChI=1S/C20H20N2O2/c21-12-7-13-24-22-19(16-8-3-1-4-9-16)14-18(23)15-20(22)17-10-5-2-6-11-17/h1-6,8-11,19-20H,7,13-15H2. The largest absolute Gasteiger partial charge is 0.300 e. The third-order valence-electron chi connectivity index (χ3n) is 4.28. The van der Waals surface area contributed by atoms with Crippen molar-refractivity contribution in [1.82, 2.24) is 5.06 Å². The van der Waals surface area contributed by atoms with Crippen LogP contribution < -0.4 is 0 Å². The summed E-state index contributed by atoms with van der Waals surface area (Å²) in [5, 5.41) is 10.7. The molecule has 2 aromatic rings. The van der Waals surface area contributed by atoms with Crippen LogP contribution in [0.5, 0.6) is 0 Å². The van der Waals surface area contributed by atoms with Gasteiger partial charge in [-0.25, -0.2) is 0 Å². The molecule has 1 fully saturated rings. The fraction of sp³-hybridized carbons (Fsp3) is 0.300. The van der Waals surface area contributed by atoms with Crippen molar-refractivity contribution in [3.63, 3.8) is 0 Å². The molecule has 0 saturated carbocycles. The first-order valence-corrected chi connectivity index (χ1v) is 8.19. The lowest BCUT2D eigenvalue weighted by Crippen LogP contribution is -2.40. The average Bonchev–Trinajstić information content (AvgIpc) is 2.64. The third-order valence-corrected chi connectivity index (χ3v) is 4.28. The van der Waals surface area contributed by atoms with Crippen LogP contribution in [0.4, 0.5) is 0 Å². The van der Waals surface area contributed by atoms with Gasteiger partial charge in [0.1, 0.15) is 5.78 Å². The van der Waals surface area contributed by atoms with E-state index in [0.29, 0.717) is 25.9 Å². The number of hydrogen-bond donors (Lipinski definition) is 0. The van der Waals surface area contributed by atoms with E-state index in [-0.39, 0.29) is 17.9 Å². The molecule has 2 aromatic carbocycles. The van der Waals surface area contributed by atoms with E-state index in [1.165, 1.54) is 0 Å². The summed E-state index contributed by atoms with van der Waals surface area (Å²) < 4.78 is 0. The van der Waals surface area contributed by atoms with E-state index in [1.54, 1.807) is 0 Å². The summed E-state index contributed by atoms with van der Waals surface area (Å²) in [5.74, 6) is 0.234. The molecular weight excluding hydrogens is 300 g/mol. The van der Waals surface area contributed by atoms with E-state index in [0.717, 1.165) is 11.1 Å². The lowest BCUT2D eigenvalue weighted by Gasteiger charge is -2.40. The Kier molecular flexibility index (Phi) is 5.37. The Bertz CT molecular complexity index is 658. The van der Waals surface area contributed by atoms with Crippen molar-refractivity contribution in [1.29, 1.82) is 5.26 Å². The Hall–Kier alpha value is -2.48. The highest BCUT2D eigenvalue weighted by Crippen LogP contribution is 2.40. The van der Waals surface area contributed by atoms with Crippen molar-refractivity contribution >= 4 is 5.78 Å². The highest BCUT2D eigenvalue weighted by Gasteiger charge is 2.37. The normalized spacial score (nSPS) is 21.4. The monoisotopic (exact) mass is 320 g/mol. The van der Waals surface area contributed by atoms with E-state index < -0.39 is 0 Å². The summed E-state index contributed by atoms with van der Waals surface area (Å²) in [6.45, 7) is 0.331. The highest BCUT2D eigenvalue weighted by molar-refractivity contribution is 5.81. The first-order chi connectivity index (χ1) is 11.8. The van der Waals surface area contributed by atoms with Crippen molar-refractivity contribution in [2.45, 2.75) is 31.3 Å². The average molecular weight is 320 g/mol. The van der Waals surface area contributed by atoms with E-state index >= 15 is 0 Å². The molecule has 1 heterocycles. The molecule has 0 bridgehead atoms. The van der Waals surface area contributed by atoms with Crippen molar-refractivity contribution in [2.24, 2.45) is 0 Å². The molecule has 1 aliphatic rings. The molecule has 2 unspecified atom stereocenters. The van der Waals surface area contributed by atoms with Crippen LogP contribution in [-0.4, -0.2) is 17.5 Å². The van der Waals surface area contributed by atoms with Gasteiger partial charge in [-0.3, -0.25) is 9.63 Å². The van der Waals surface area contributed by atoms with Crippen LogP contribution in [0.1, 0.15) is 42.5 Å². The molecule has 2 atom stereocenters. The second-order valence-electron chi connectivity index (χ2n) is 5.90. The van der Waals surface area contributed by atoms with Gasteiger partial charge in [0.25, 0.3) is 0 Å². The van der Waals surface area contributed by atoms with Crippen molar-refractivity contribution in [3.05, 3.63) is 71.8 Å². The van der Waals surface area contributed by atoms with Crippen LogP contribution in [-0.2, 0) is 9.63 Å². The van der Waals surface area contributed by atoms with Crippen LogP contribution in [0.3, 0.4) is 0 Å². The predicted octanol–water partition coefficient (Wildman–Crippen LogP) is 3.98. The quantitative estimate of drug-likeness (QED) is 0.782. The molecule has 3 rings (SSSR count). The van der Waals surface area contributed by atoms with Gasteiger partial charge in [-0.2, -0.15) is 10.3 Å². The first-order valence-electron chi connectivity index (χ1n) is 8.19. The van der Waals surface area contributed by atoms with Crippen molar-refractivity contribution in [3.8, 4) is 6.07 Å². The van der Waals surface area contributed by atoms with Crippen LogP contribution in [0.25, 0.3) is 0 Å². The molecule has 1 aliphatic heterocycles. The number of carbonyl (C=O) groups excluding carboxylic acids is 1. The number of nitrogens with zero attached hydrogens (tertiary/aromatic N) is 2. The molecule has 122 valence electrons. The summed E-state index contributed by atoms with van der Waals surface area (Å²) >= 11 is 0. The highest BCUT2D eigenvalue weighted by atomic mass is 16.7. The van der Waals surface area contributed by atoms with Gasteiger partial charge in [0.2, 0.25) is 0 Å². The van der Waals surface area contributed by atoms with Crippen LogP contribution in [0.15, 0.2) is 60.7 Å². The van der Waals surface area contributed by atoms with Crippen LogP contribution in [0, 0.1) is 11.3 Å². The fourth-order valence-corrected chi connectivity index (χ4v) is 3.17. The zero-order chi connectivity index (χ0) is 16.8.